The second-order valence-electron chi connectivity index (χ2n) is 4.91. The molecule has 1 aliphatic heterocycles. The van der Waals surface area contributed by atoms with E-state index in [1.807, 2.05) is 0 Å². The van der Waals surface area contributed by atoms with Crippen molar-refractivity contribution in [2.75, 3.05) is 13.2 Å². The predicted octanol–water partition coefficient (Wildman–Crippen LogP) is 2.11. The predicted molar refractivity (Wildman–Crippen MR) is 86.8 cm³/mol. The van der Waals surface area contributed by atoms with Crippen LogP contribution in [-0.2, 0) is 28.6 Å². The van der Waals surface area contributed by atoms with Gasteiger partial charge < -0.3 is 9.47 Å². The smallest absolute Gasteiger partial charge is 0.336 e. The standard InChI is InChI=1S/C14H17IO6S/c1-10(14(16)20-9-12-3-2-8-19-12)21-22(17,18)13-6-4-11(15)5-7-13/h4-7,10,12H,2-3,8-9H2,1H3/t10?,12-/m0/s1. The Morgan fingerprint density at radius 3 is 2.68 bits per heavy atom. The van der Waals surface area contributed by atoms with Crippen LogP contribution in [0.4, 0.5) is 0 Å². The lowest BCUT2D eigenvalue weighted by Gasteiger charge is -2.14. The Kier molecular flexibility index (Phi) is 6.18. The van der Waals surface area contributed by atoms with E-state index in [0.717, 1.165) is 16.4 Å². The molecule has 1 heterocycles. The molecule has 2 atom stereocenters. The van der Waals surface area contributed by atoms with Crippen molar-refractivity contribution in [2.24, 2.45) is 0 Å². The fraction of sp³-hybridized carbons (Fsp3) is 0.500. The van der Waals surface area contributed by atoms with E-state index in [-0.39, 0.29) is 17.6 Å². The molecule has 0 saturated carbocycles. The molecule has 0 bridgehead atoms. The van der Waals surface area contributed by atoms with Gasteiger partial charge in [-0.15, -0.1) is 0 Å². The number of halogens is 1. The van der Waals surface area contributed by atoms with E-state index in [0.29, 0.717) is 6.61 Å². The van der Waals surface area contributed by atoms with Gasteiger partial charge >= 0.3 is 5.97 Å². The first kappa shape index (κ1) is 17.6. The number of esters is 1. The molecule has 2 rings (SSSR count). The molecule has 1 aliphatic rings. The molecule has 1 fully saturated rings. The third-order valence-corrected chi connectivity index (χ3v) is 5.25. The highest BCUT2D eigenvalue weighted by Crippen LogP contribution is 2.17. The van der Waals surface area contributed by atoms with Crippen LogP contribution in [0.5, 0.6) is 0 Å². The number of hydrogen-bond donors (Lipinski definition) is 0. The molecule has 1 unspecified atom stereocenters. The van der Waals surface area contributed by atoms with Gasteiger partial charge in [0.2, 0.25) is 0 Å². The van der Waals surface area contributed by atoms with E-state index in [9.17, 15) is 13.2 Å². The van der Waals surface area contributed by atoms with Crippen molar-refractivity contribution >= 4 is 38.7 Å². The maximum Gasteiger partial charge on any atom is 0.336 e. The summed E-state index contributed by atoms with van der Waals surface area (Å²) >= 11 is 2.07. The number of carbonyl (C=O) groups excluding carboxylic acids is 1. The summed E-state index contributed by atoms with van der Waals surface area (Å²) in [6, 6.07) is 6.16. The highest BCUT2D eigenvalue weighted by Gasteiger charge is 2.26. The molecule has 0 N–H and O–H groups in total. The van der Waals surface area contributed by atoms with Gasteiger partial charge in [-0.1, -0.05) is 0 Å². The van der Waals surface area contributed by atoms with Gasteiger partial charge in [-0.25, -0.2) is 4.79 Å². The zero-order valence-corrected chi connectivity index (χ0v) is 15.0. The van der Waals surface area contributed by atoms with Crippen molar-refractivity contribution in [3.63, 3.8) is 0 Å². The highest BCUT2D eigenvalue weighted by atomic mass is 127. The van der Waals surface area contributed by atoms with Crippen LogP contribution in [0.15, 0.2) is 29.2 Å². The summed E-state index contributed by atoms with van der Waals surface area (Å²) in [5.74, 6) is -0.718. The minimum absolute atomic E-state index is 0.00620. The van der Waals surface area contributed by atoms with Crippen LogP contribution in [-0.4, -0.2) is 39.8 Å². The van der Waals surface area contributed by atoms with Crippen molar-refractivity contribution in [1.29, 1.82) is 0 Å². The molecule has 6 nitrogen and oxygen atoms in total. The second kappa shape index (κ2) is 7.71. The quantitative estimate of drug-likeness (QED) is 0.383. The van der Waals surface area contributed by atoms with Gasteiger partial charge in [0.25, 0.3) is 10.1 Å². The lowest BCUT2D eigenvalue weighted by atomic mass is 10.2. The summed E-state index contributed by atoms with van der Waals surface area (Å²) in [5.41, 5.74) is 0. The molecule has 0 radical (unpaired) electrons. The van der Waals surface area contributed by atoms with Crippen molar-refractivity contribution < 1.29 is 26.9 Å². The molecule has 122 valence electrons. The van der Waals surface area contributed by atoms with Gasteiger partial charge in [-0.05, 0) is 66.6 Å². The summed E-state index contributed by atoms with van der Waals surface area (Å²) < 4.78 is 40.3. The van der Waals surface area contributed by atoms with E-state index in [1.165, 1.54) is 19.1 Å². The average molecular weight is 440 g/mol. The van der Waals surface area contributed by atoms with Crippen LogP contribution >= 0.6 is 22.6 Å². The van der Waals surface area contributed by atoms with Crippen LogP contribution in [0.25, 0.3) is 0 Å². The number of hydrogen-bond acceptors (Lipinski definition) is 6. The Balaban J connectivity index is 1.90. The van der Waals surface area contributed by atoms with Gasteiger partial charge in [0, 0.05) is 10.2 Å². The Labute approximate surface area is 143 Å². The van der Waals surface area contributed by atoms with Crippen molar-refractivity contribution in [3.8, 4) is 0 Å². The third kappa shape index (κ3) is 4.90. The number of benzene rings is 1. The molecule has 0 amide bonds. The molecule has 1 aromatic rings. The first-order valence-electron chi connectivity index (χ1n) is 6.85. The Morgan fingerprint density at radius 2 is 2.09 bits per heavy atom. The minimum atomic E-state index is -3.99. The summed E-state index contributed by atoms with van der Waals surface area (Å²) in [6.07, 6.45) is 0.466. The molecule has 8 heteroatoms. The molecule has 0 aliphatic carbocycles. The van der Waals surface area contributed by atoms with E-state index >= 15 is 0 Å². The summed E-state index contributed by atoms with van der Waals surface area (Å²) in [5, 5.41) is 0. The van der Waals surface area contributed by atoms with Gasteiger partial charge in [-0.3, -0.25) is 4.18 Å². The van der Waals surface area contributed by atoms with Crippen LogP contribution in [0.3, 0.4) is 0 Å². The van der Waals surface area contributed by atoms with Gasteiger partial charge in [0.1, 0.15) is 6.61 Å². The van der Waals surface area contributed by atoms with Crippen LogP contribution in [0.1, 0.15) is 19.8 Å². The highest BCUT2D eigenvalue weighted by molar-refractivity contribution is 14.1. The lowest BCUT2D eigenvalue weighted by molar-refractivity contribution is -0.154. The average Bonchev–Trinajstić information content (AvgIpc) is 2.98. The van der Waals surface area contributed by atoms with E-state index < -0.39 is 22.2 Å². The largest absolute Gasteiger partial charge is 0.461 e. The van der Waals surface area contributed by atoms with Crippen LogP contribution in [0, 0.1) is 3.57 Å². The Bertz CT molecular complexity index is 607. The maximum absolute atomic E-state index is 12.1. The number of ether oxygens (including phenoxy) is 2. The molecule has 0 spiro atoms. The maximum atomic E-state index is 12.1. The monoisotopic (exact) mass is 440 g/mol. The van der Waals surface area contributed by atoms with Gasteiger partial charge in [-0.2, -0.15) is 8.42 Å². The summed E-state index contributed by atoms with van der Waals surface area (Å²) in [6.45, 7) is 2.13. The zero-order valence-electron chi connectivity index (χ0n) is 12.0. The molecule has 1 aromatic carbocycles. The SMILES string of the molecule is CC(OS(=O)(=O)c1ccc(I)cc1)C(=O)OC[C@@H]1CCCO1. The second-order valence-corrected chi connectivity index (χ2v) is 7.73. The third-order valence-electron chi connectivity index (χ3n) is 3.14. The lowest BCUT2D eigenvalue weighted by Crippen LogP contribution is -2.29. The van der Waals surface area contributed by atoms with E-state index in [4.69, 9.17) is 13.7 Å². The van der Waals surface area contributed by atoms with Crippen molar-refractivity contribution in [3.05, 3.63) is 27.8 Å². The number of carbonyl (C=O) groups is 1. The zero-order chi connectivity index (χ0) is 16.2. The minimum Gasteiger partial charge on any atom is -0.461 e. The fourth-order valence-corrected chi connectivity index (χ4v) is 3.35. The number of rotatable bonds is 6. The molecule has 1 saturated heterocycles. The molecule has 0 aromatic heterocycles. The van der Waals surface area contributed by atoms with Crippen molar-refractivity contribution in [1.82, 2.24) is 0 Å². The van der Waals surface area contributed by atoms with Gasteiger partial charge in [0.05, 0.1) is 11.0 Å². The van der Waals surface area contributed by atoms with Gasteiger partial charge in [0.15, 0.2) is 6.10 Å². The summed E-state index contributed by atoms with van der Waals surface area (Å²) in [4.78, 5) is 11.8. The first-order valence-corrected chi connectivity index (χ1v) is 9.34. The molecular weight excluding hydrogens is 423 g/mol. The topological polar surface area (TPSA) is 78.9 Å². The Hall–Kier alpha value is -0.710. The normalized spacial score (nSPS) is 19.8. The van der Waals surface area contributed by atoms with Crippen LogP contribution < -0.4 is 0 Å². The first-order chi connectivity index (χ1) is 10.4. The molecular formula is C14H17IO6S. The van der Waals surface area contributed by atoms with E-state index in [2.05, 4.69) is 22.6 Å². The van der Waals surface area contributed by atoms with E-state index in [1.54, 1.807) is 12.1 Å². The summed E-state index contributed by atoms with van der Waals surface area (Å²) in [7, 11) is -3.99. The Morgan fingerprint density at radius 1 is 1.41 bits per heavy atom. The van der Waals surface area contributed by atoms with Crippen LogP contribution in [0.2, 0.25) is 0 Å². The molecule has 22 heavy (non-hydrogen) atoms. The van der Waals surface area contributed by atoms with Crippen molar-refractivity contribution in [2.45, 2.75) is 36.9 Å². The fourth-order valence-electron chi connectivity index (χ4n) is 1.95.